The minimum Gasteiger partial charge on any atom is -0.494 e. The van der Waals surface area contributed by atoms with Crippen LogP contribution in [-0.2, 0) is 6.54 Å². The summed E-state index contributed by atoms with van der Waals surface area (Å²) in [6.45, 7) is 5.65. The summed E-state index contributed by atoms with van der Waals surface area (Å²) in [5.74, 6) is 0.953. The molecule has 1 heterocycles. The summed E-state index contributed by atoms with van der Waals surface area (Å²) in [6.07, 6.45) is 0. The van der Waals surface area contributed by atoms with Gasteiger partial charge in [0.15, 0.2) is 0 Å². The van der Waals surface area contributed by atoms with Gasteiger partial charge in [-0.15, -0.1) is 11.3 Å². The van der Waals surface area contributed by atoms with Crippen molar-refractivity contribution in [2.24, 2.45) is 0 Å². The van der Waals surface area contributed by atoms with Gasteiger partial charge in [0, 0.05) is 23.0 Å². The van der Waals surface area contributed by atoms with E-state index in [0.29, 0.717) is 6.61 Å². The highest BCUT2D eigenvalue weighted by molar-refractivity contribution is 7.16. The van der Waals surface area contributed by atoms with Crippen molar-refractivity contribution in [2.45, 2.75) is 26.4 Å². The molecular weight excluding hydrogens is 278 g/mol. The van der Waals surface area contributed by atoms with Gasteiger partial charge in [0.25, 0.3) is 0 Å². The van der Waals surface area contributed by atoms with Gasteiger partial charge in [-0.05, 0) is 32.0 Å². The molecule has 1 aromatic carbocycles. The molecule has 2 rings (SSSR count). The van der Waals surface area contributed by atoms with Crippen molar-refractivity contribution in [1.29, 1.82) is 0 Å². The summed E-state index contributed by atoms with van der Waals surface area (Å²) in [4.78, 5) is 1.24. The van der Waals surface area contributed by atoms with Gasteiger partial charge in [0.2, 0.25) is 0 Å². The molecule has 0 amide bonds. The number of rotatable bonds is 6. The number of ether oxygens (including phenoxy) is 1. The molecule has 1 atom stereocenters. The van der Waals surface area contributed by atoms with Crippen LogP contribution < -0.4 is 10.1 Å². The molecule has 1 N–H and O–H groups in total. The lowest BCUT2D eigenvalue weighted by molar-refractivity contribution is 0.332. The standard InChI is InChI=1S/C15H18ClNOS/c1-3-18-14-7-5-4-6-13(14)11(2)17-10-12-8-9-15(16)19-12/h4-9,11,17H,3,10H2,1-2H3. The van der Waals surface area contributed by atoms with Gasteiger partial charge in [0.05, 0.1) is 10.9 Å². The second-order valence-electron chi connectivity index (χ2n) is 4.28. The van der Waals surface area contributed by atoms with Crippen LogP contribution in [0.3, 0.4) is 0 Å². The monoisotopic (exact) mass is 295 g/mol. The van der Waals surface area contributed by atoms with Crippen molar-refractivity contribution in [3.8, 4) is 5.75 Å². The van der Waals surface area contributed by atoms with Crippen molar-refractivity contribution < 1.29 is 4.74 Å². The van der Waals surface area contributed by atoms with Crippen molar-refractivity contribution in [1.82, 2.24) is 5.32 Å². The fourth-order valence-corrected chi connectivity index (χ4v) is 2.97. The highest BCUT2D eigenvalue weighted by Crippen LogP contribution is 2.26. The second-order valence-corrected chi connectivity index (χ2v) is 6.08. The summed E-state index contributed by atoms with van der Waals surface area (Å²) >= 11 is 7.54. The molecule has 102 valence electrons. The normalized spacial score (nSPS) is 12.4. The van der Waals surface area contributed by atoms with Crippen molar-refractivity contribution in [3.05, 3.63) is 51.2 Å². The van der Waals surface area contributed by atoms with Gasteiger partial charge >= 0.3 is 0 Å². The topological polar surface area (TPSA) is 21.3 Å². The Bertz CT molecular complexity index is 526. The number of hydrogen-bond donors (Lipinski definition) is 1. The van der Waals surface area contributed by atoms with Crippen LogP contribution in [-0.4, -0.2) is 6.61 Å². The highest BCUT2D eigenvalue weighted by atomic mass is 35.5. The smallest absolute Gasteiger partial charge is 0.124 e. The van der Waals surface area contributed by atoms with Crippen LogP contribution in [0.2, 0.25) is 4.34 Å². The first-order chi connectivity index (χ1) is 9.20. The Morgan fingerprint density at radius 1 is 1.26 bits per heavy atom. The third-order valence-electron chi connectivity index (χ3n) is 2.90. The van der Waals surface area contributed by atoms with Crippen molar-refractivity contribution >= 4 is 22.9 Å². The minimum absolute atomic E-state index is 0.239. The molecule has 0 spiro atoms. The fourth-order valence-electron chi connectivity index (χ4n) is 1.94. The maximum Gasteiger partial charge on any atom is 0.124 e. The molecule has 1 unspecified atom stereocenters. The number of nitrogens with one attached hydrogen (secondary N) is 1. The molecule has 19 heavy (non-hydrogen) atoms. The van der Waals surface area contributed by atoms with Crippen molar-refractivity contribution in [3.63, 3.8) is 0 Å². The Hall–Kier alpha value is -1.03. The Morgan fingerprint density at radius 3 is 2.74 bits per heavy atom. The average molecular weight is 296 g/mol. The number of halogens is 1. The lowest BCUT2D eigenvalue weighted by Crippen LogP contribution is -2.18. The molecule has 2 nitrogen and oxygen atoms in total. The first-order valence-electron chi connectivity index (χ1n) is 6.40. The molecule has 0 fully saturated rings. The third-order valence-corrected chi connectivity index (χ3v) is 4.13. The van der Waals surface area contributed by atoms with Crippen LogP contribution in [0.25, 0.3) is 0 Å². The zero-order valence-corrected chi connectivity index (χ0v) is 12.7. The van der Waals surface area contributed by atoms with Gasteiger partial charge < -0.3 is 10.1 Å². The molecule has 0 saturated carbocycles. The van der Waals surface area contributed by atoms with Crippen LogP contribution in [0.1, 0.15) is 30.3 Å². The van der Waals surface area contributed by atoms with Crippen LogP contribution in [0, 0.1) is 0 Å². The lowest BCUT2D eigenvalue weighted by atomic mass is 10.1. The maximum atomic E-state index is 5.93. The first kappa shape index (κ1) is 14.4. The summed E-state index contributed by atoms with van der Waals surface area (Å²) in [5, 5.41) is 3.50. The molecule has 4 heteroatoms. The van der Waals surface area contributed by atoms with E-state index in [9.17, 15) is 0 Å². The van der Waals surface area contributed by atoms with Gasteiger partial charge in [-0.25, -0.2) is 0 Å². The molecular formula is C15H18ClNOS. The van der Waals surface area contributed by atoms with E-state index in [4.69, 9.17) is 16.3 Å². The van der Waals surface area contributed by atoms with E-state index in [2.05, 4.69) is 24.4 Å². The zero-order chi connectivity index (χ0) is 13.7. The van der Waals surface area contributed by atoms with E-state index in [-0.39, 0.29) is 6.04 Å². The summed E-state index contributed by atoms with van der Waals surface area (Å²) in [6, 6.07) is 12.4. The lowest BCUT2D eigenvalue weighted by Gasteiger charge is -2.17. The van der Waals surface area contributed by atoms with Crippen molar-refractivity contribution in [2.75, 3.05) is 6.61 Å². The second kappa shape index (κ2) is 6.94. The molecule has 2 aromatic rings. The quantitative estimate of drug-likeness (QED) is 0.837. The molecule has 0 aliphatic rings. The van der Waals surface area contributed by atoms with Crippen LogP contribution in [0.4, 0.5) is 0 Å². The van der Waals surface area contributed by atoms with Gasteiger partial charge in [-0.1, -0.05) is 29.8 Å². The van der Waals surface area contributed by atoms with Gasteiger partial charge in [-0.2, -0.15) is 0 Å². The molecule has 0 bridgehead atoms. The molecule has 0 radical (unpaired) electrons. The van der Waals surface area contributed by atoms with E-state index < -0.39 is 0 Å². The van der Waals surface area contributed by atoms with E-state index in [1.54, 1.807) is 11.3 Å². The highest BCUT2D eigenvalue weighted by Gasteiger charge is 2.10. The number of thiophene rings is 1. The summed E-state index contributed by atoms with van der Waals surface area (Å²) in [7, 11) is 0. The van der Waals surface area contributed by atoms with E-state index in [1.165, 1.54) is 10.4 Å². The number of benzene rings is 1. The Morgan fingerprint density at radius 2 is 2.05 bits per heavy atom. The number of hydrogen-bond acceptors (Lipinski definition) is 3. The van der Waals surface area contributed by atoms with E-state index >= 15 is 0 Å². The Kier molecular flexibility index (Phi) is 5.25. The predicted molar refractivity (Wildman–Crippen MR) is 82.2 cm³/mol. The molecule has 1 aromatic heterocycles. The van der Waals surface area contributed by atoms with Gasteiger partial charge in [0.1, 0.15) is 5.75 Å². The minimum atomic E-state index is 0.239. The average Bonchev–Trinajstić information content (AvgIpc) is 2.83. The van der Waals surface area contributed by atoms with E-state index in [0.717, 1.165) is 16.6 Å². The summed E-state index contributed by atoms with van der Waals surface area (Å²) in [5.41, 5.74) is 1.19. The molecule has 0 aliphatic carbocycles. The van der Waals surface area contributed by atoms with Crippen LogP contribution in [0.5, 0.6) is 5.75 Å². The Labute approximate surface area is 123 Å². The zero-order valence-electron chi connectivity index (χ0n) is 11.2. The predicted octanol–water partition coefficient (Wildman–Crippen LogP) is 4.65. The maximum absolute atomic E-state index is 5.93. The summed E-state index contributed by atoms with van der Waals surface area (Å²) < 4.78 is 6.49. The van der Waals surface area contributed by atoms with Crippen LogP contribution in [0.15, 0.2) is 36.4 Å². The Balaban J connectivity index is 2.01. The van der Waals surface area contributed by atoms with E-state index in [1.807, 2.05) is 31.2 Å². The first-order valence-corrected chi connectivity index (χ1v) is 7.59. The molecule has 0 saturated heterocycles. The fraction of sp³-hybridized carbons (Fsp3) is 0.333. The van der Waals surface area contributed by atoms with Gasteiger partial charge in [-0.3, -0.25) is 0 Å². The largest absolute Gasteiger partial charge is 0.494 e. The van der Waals surface area contributed by atoms with Crippen LogP contribution >= 0.6 is 22.9 Å². The number of para-hydroxylation sites is 1. The molecule has 0 aliphatic heterocycles. The third kappa shape index (κ3) is 3.96. The SMILES string of the molecule is CCOc1ccccc1C(C)NCc1ccc(Cl)s1.